The molecule has 6 aromatic rings. The molecule has 4 aromatic heterocycles. The average molecular weight is 983 g/mol. The van der Waals surface area contributed by atoms with E-state index in [1.54, 1.807) is 43.7 Å². The molecule has 2 saturated heterocycles. The van der Waals surface area contributed by atoms with Crippen molar-refractivity contribution >= 4 is 30.1 Å². The Kier molecular flexibility index (Phi) is 16.9. The molecule has 0 saturated carbocycles. The molecule has 20 heteroatoms. The fraction of sp³-hybridized carbons (Fsp3) is 0.404. The lowest BCUT2D eigenvalue weighted by Gasteiger charge is -2.36. The monoisotopic (exact) mass is 982 g/mol. The fourth-order valence-electron chi connectivity index (χ4n) is 7.91. The van der Waals surface area contributed by atoms with E-state index in [2.05, 4.69) is 30.4 Å². The fourth-order valence-corrected chi connectivity index (χ4v) is 7.91. The van der Waals surface area contributed by atoms with E-state index >= 15 is 0 Å². The molecule has 0 radical (unpaired) electrons. The Balaban J connectivity index is 0.000000211. The van der Waals surface area contributed by atoms with Gasteiger partial charge in [0.05, 0.1) is 22.8 Å². The van der Waals surface area contributed by atoms with Crippen molar-refractivity contribution in [3.05, 3.63) is 130 Å². The van der Waals surface area contributed by atoms with E-state index in [4.69, 9.17) is 9.47 Å². The van der Waals surface area contributed by atoms with E-state index in [0.29, 0.717) is 112 Å². The lowest BCUT2D eigenvalue weighted by molar-refractivity contribution is -0.107. The van der Waals surface area contributed by atoms with Crippen LogP contribution in [0.5, 0.6) is 0 Å². The summed E-state index contributed by atoms with van der Waals surface area (Å²) in [5.74, 6) is 0.646. The molecule has 6 heterocycles. The van der Waals surface area contributed by atoms with Crippen molar-refractivity contribution < 1.29 is 29.0 Å². The van der Waals surface area contributed by atoms with E-state index in [1.165, 1.54) is 0 Å². The van der Waals surface area contributed by atoms with Crippen molar-refractivity contribution in [2.45, 2.75) is 78.4 Å². The number of carbonyl (C=O) groups excluding carboxylic acids is 3. The Hall–Kier alpha value is -7.87. The van der Waals surface area contributed by atoms with Crippen molar-refractivity contribution in [2.24, 2.45) is 0 Å². The lowest BCUT2D eigenvalue weighted by atomic mass is 10.1. The van der Waals surface area contributed by atoms with Gasteiger partial charge in [-0.15, -0.1) is 0 Å². The number of rotatable bonds is 12. The number of piperazine rings is 2. The van der Waals surface area contributed by atoms with Gasteiger partial charge in [-0.1, -0.05) is 24.3 Å². The molecule has 2 fully saturated rings. The van der Waals surface area contributed by atoms with E-state index in [1.807, 2.05) is 124 Å². The number of aromatic nitrogens is 8. The van der Waals surface area contributed by atoms with Crippen LogP contribution in [0.1, 0.15) is 65.8 Å². The summed E-state index contributed by atoms with van der Waals surface area (Å²) in [6.07, 6.45) is 8.59. The molecule has 2 aromatic carbocycles. The molecule has 378 valence electrons. The second-order valence-electron chi connectivity index (χ2n) is 19.2. The van der Waals surface area contributed by atoms with Gasteiger partial charge in [-0.25, -0.2) is 19.6 Å². The molecule has 72 heavy (non-hydrogen) atoms. The smallest absolute Gasteiger partial charge is 0.410 e. The van der Waals surface area contributed by atoms with E-state index < -0.39 is 11.2 Å². The summed E-state index contributed by atoms with van der Waals surface area (Å²) in [4.78, 5) is 79.2. The minimum absolute atomic E-state index is 0.0392. The van der Waals surface area contributed by atoms with Crippen LogP contribution in [-0.4, -0.2) is 143 Å². The zero-order chi connectivity index (χ0) is 51.4. The van der Waals surface area contributed by atoms with Crippen LogP contribution in [0.25, 0.3) is 33.9 Å². The number of aldehydes is 1. The number of aliphatic hydroxyl groups is 1. The van der Waals surface area contributed by atoms with Gasteiger partial charge >= 0.3 is 12.2 Å². The van der Waals surface area contributed by atoms with Crippen molar-refractivity contribution in [2.75, 3.05) is 68.8 Å². The topological polar surface area (TPSA) is 224 Å². The summed E-state index contributed by atoms with van der Waals surface area (Å²) in [6.45, 7) is 14.6. The van der Waals surface area contributed by atoms with Gasteiger partial charge in [-0.05, 0) is 109 Å². The maximum atomic E-state index is 13.5. The highest BCUT2D eigenvalue weighted by Gasteiger charge is 2.30. The van der Waals surface area contributed by atoms with E-state index in [9.17, 15) is 29.1 Å². The van der Waals surface area contributed by atoms with Gasteiger partial charge in [0, 0.05) is 113 Å². The number of ether oxygens (including phenoxy) is 2. The minimum Gasteiger partial charge on any atom is -0.444 e. The van der Waals surface area contributed by atoms with E-state index in [-0.39, 0.29) is 29.9 Å². The van der Waals surface area contributed by atoms with Crippen LogP contribution < -0.4 is 20.9 Å². The van der Waals surface area contributed by atoms with Crippen molar-refractivity contribution in [1.82, 2.24) is 49.3 Å². The Morgan fingerprint density at radius 1 is 0.597 bits per heavy atom. The predicted octanol–water partition coefficient (Wildman–Crippen LogP) is 5.55. The molecule has 1 N–H and O–H groups in total. The zero-order valence-electron chi connectivity index (χ0n) is 41.7. The van der Waals surface area contributed by atoms with Crippen LogP contribution >= 0.6 is 0 Å². The molecule has 8 rings (SSSR count). The summed E-state index contributed by atoms with van der Waals surface area (Å²) in [7, 11) is 0. The number of carbonyl (C=O) groups is 3. The van der Waals surface area contributed by atoms with Gasteiger partial charge in [0.1, 0.15) is 17.5 Å². The number of amides is 2. The second-order valence-corrected chi connectivity index (χ2v) is 19.2. The molecule has 2 aliphatic rings. The summed E-state index contributed by atoms with van der Waals surface area (Å²) < 4.78 is 14.1. The van der Waals surface area contributed by atoms with Crippen LogP contribution in [0, 0.1) is 0 Å². The molecule has 0 bridgehead atoms. The Bertz CT molecular complexity index is 2890. The van der Waals surface area contributed by atoms with Gasteiger partial charge in [-0.3, -0.25) is 18.7 Å². The molecule has 2 amide bonds. The quantitative estimate of drug-likeness (QED) is 0.148. The predicted molar refractivity (Wildman–Crippen MR) is 272 cm³/mol. The second kappa shape index (κ2) is 23.4. The molecule has 2 aliphatic heterocycles. The SMILES string of the molecule is CC(C)(C)OC(=O)N1CCN(c2nc(CCC=O)cn(-c3ccc(-c4cccnn4)cc3)c2=O)CC1.CC(C)(C)OC(=O)N1CCN(c2nc(CCCO)cn(-c3ccc(-c4cccnn4)cc3)c2=O)CC1. The number of hydrogen-bond acceptors (Lipinski definition) is 16. The van der Waals surface area contributed by atoms with Crippen molar-refractivity contribution in [3.63, 3.8) is 0 Å². The third-order valence-corrected chi connectivity index (χ3v) is 11.5. The number of aliphatic hydroxyl groups excluding tert-OH is 1. The summed E-state index contributed by atoms with van der Waals surface area (Å²) >= 11 is 0. The molecule has 0 spiro atoms. The van der Waals surface area contributed by atoms with Crippen LogP contribution in [0.15, 0.2) is 107 Å². The average Bonchev–Trinajstić information content (AvgIpc) is 3.38. The Labute approximate surface area is 417 Å². The number of aryl methyl sites for hydroxylation is 2. The molecule has 20 nitrogen and oxygen atoms in total. The highest BCUT2D eigenvalue weighted by Crippen LogP contribution is 2.22. The van der Waals surface area contributed by atoms with Gasteiger partial charge in [0.2, 0.25) is 0 Å². The summed E-state index contributed by atoms with van der Waals surface area (Å²) in [5.41, 5.74) is 4.37. The van der Waals surface area contributed by atoms with Crippen molar-refractivity contribution in [1.29, 1.82) is 0 Å². The Morgan fingerprint density at radius 2 is 1.00 bits per heavy atom. The van der Waals surface area contributed by atoms with Crippen LogP contribution in [0.4, 0.5) is 21.2 Å². The standard InChI is InChI=1S/C26H32N6O4.C26H30N6O4/c2*1-26(2,3)36-25(35)31-15-13-30(14-16-31)23-24(34)32(18-20(28-23)6-5-17-33)21-10-8-19(9-11-21)22-7-4-12-27-29-22/h4,7-12,18,33H,5-6,13-17H2,1-3H3;4,7-12,17-18H,5-6,13-16H2,1-3H3. The van der Waals surface area contributed by atoms with Gasteiger partial charge in [0.25, 0.3) is 11.1 Å². The normalized spacial score (nSPS) is 14.0. The van der Waals surface area contributed by atoms with Gasteiger partial charge < -0.3 is 39.0 Å². The number of nitrogens with zero attached hydrogens (tertiary/aromatic N) is 12. The first-order chi connectivity index (χ1) is 34.5. The van der Waals surface area contributed by atoms with Gasteiger partial charge in [0.15, 0.2) is 11.6 Å². The first kappa shape index (κ1) is 52.0. The molecular weight excluding hydrogens is 921 g/mol. The first-order valence-electron chi connectivity index (χ1n) is 24.0. The number of anilines is 2. The van der Waals surface area contributed by atoms with Crippen LogP contribution in [0.2, 0.25) is 0 Å². The first-order valence-corrected chi connectivity index (χ1v) is 24.0. The van der Waals surface area contributed by atoms with E-state index in [0.717, 1.165) is 28.8 Å². The molecule has 0 aliphatic carbocycles. The number of benzene rings is 2. The minimum atomic E-state index is -0.570. The maximum Gasteiger partial charge on any atom is 0.410 e. The van der Waals surface area contributed by atoms with Crippen LogP contribution in [0.3, 0.4) is 0 Å². The maximum absolute atomic E-state index is 13.5. The summed E-state index contributed by atoms with van der Waals surface area (Å²) in [6, 6.07) is 22.4. The number of hydrogen-bond donors (Lipinski definition) is 1. The third kappa shape index (κ3) is 13.7. The largest absolute Gasteiger partial charge is 0.444 e. The third-order valence-electron chi connectivity index (χ3n) is 11.5. The Morgan fingerprint density at radius 3 is 1.35 bits per heavy atom. The molecular formula is C52H62N12O8. The lowest BCUT2D eigenvalue weighted by Crippen LogP contribution is -2.51. The zero-order valence-corrected chi connectivity index (χ0v) is 41.7. The summed E-state index contributed by atoms with van der Waals surface area (Å²) in [5, 5.41) is 25.4. The highest BCUT2D eigenvalue weighted by atomic mass is 16.6. The van der Waals surface area contributed by atoms with Crippen molar-refractivity contribution in [3.8, 4) is 33.9 Å². The highest BCUT2D eigenvalue weighted by molar-refractivity contribution is 5.69. The van der Waals surface area contributed by atoms with Crippen LogP contribution in [-0.2, 0) is 27.1 Å². The molecule has 0 atom stereocenters. The van der Waals surface area contributed by atoms with Gasteiger partial charge in [-0.2, -0.15) is 20.4 Å². The molecule has 0 unspecified atom stereocenters.